The van der Waals surface area contributed by atoms with Crippen LogP contribution in [0.25, 0.3) is 0 Å². The molecule has 2 aliphatic heterocycles. The molecule has 11 nitrogen and oxygen atoms in total. The minimum Gasteiger partial charge on any atom is -0.486 e. The van der Waals surface area contributed by atoms with Crippen molar-refractivity contribution in [3.05, 3.63) is 34.5 Å². The average molecular weight is 452 g/mol. The maximum atomic E-state index is 12.6. The number of fused-ring (bicyclic) bond motifs is 1. The summed E-state index contributed by atoms with van der Waals surface area (Å²) in [6.07, 6.45) is 2.58. The number of rotatable bonds is 5. The van der Waals surface area contributed by atoms with Crippen molar-refractivity contribution in [3.8, 4) is 11.5 Å². The molecule has 0 spiro atoms. The zero-order chi connectivity index (χ0) is 22.2. The van der Waals surface area contributed by atoms with Gasteiger partial charge in [0.2, 0.25) is 15.9 Å². The lowest BCUT2D eigenvalue weighted by Gasteiger charge is -2.30. The van der Waals surface area contributed by atoms with E-state index in [0.717, 1.165) is 11.1 Å². The lowest BCUT2D eigenvalue weighted by atomic mass is 9.99. The van der Waals surface area contributed by atoms with E-state index in [9.17, 15) is 18.0 Å². The van der Waals surface area contributed by atoms with E-state index in [-0.39, 0.29) is 19.0 Å². The molecule has 1 amide bonds. The first-order valence-electron chi connectivity index (χ1n) is 10.0. The predicted octanol–water partition coefficient (Wildman–Crippen LogP) is 0.131. The molecule has 31 heavy (non-hydrogen) atoms. The van der Waals surface area contributed by atoms with Gasteiger partial charge in [-0.3, -0.25) is 9.36 Å². The molecule has 1 N–H and O–H groups in total. The van der Waals surface area contributed by atoms with Crippen LogP contribution >= 0.6 is 0 Å². The highest BCUT2D eigenvalue weighted by Crippen LogP contribution is 2.32. The van der Waals surface area contributed by atoms with Crippen LogP contribution in [0.4, 0.5) is 5.69 Å². The smallest absolute Gasteiger partial charge is 0.346 e. The maximum absolute atomic E-state index is 12.6. The minimum absolute atomic E-state index is 0.205. The number of sulfonamides is 1. The molecule has 1 aromatic carbocycles. The number of aromatic nitrogens is 3. The lowest BCUT2D eigenvalue weighted by molar-refractivity contribution is -0.117. The summed E-state index contributed by atoms with van der Waals surface area (Å²) in [6.45, 7) is 1.39. The largest absolute Gasteiger partial charge is 0.486 e. The van der Waals surface area contributed by atoms with E-state index in [2.05, 4.69) is 10.4 Å². The molecule has 1 fully saturated rings. The van der Waals surface area contributed by atoms with Crippen molar-refractivity contribution < 1.29 is 22.7 Å². The number of nitrogens with one attached hydrogen (secondary N) is 1. The monoisotopic (exact) mass is 451 g/mol. The second kappa shape index (κ2) is 8.35. The summed E-state index contributed by atoms with van der Waals surface area (Å²) in [6, 6.07) is 5.08. The first kappa shape index (κ1) is 21.4. The van der Waals surface area contributed by atoms with Crippen molar-refractivity contribution in [3.63, 3.8) is 0 Å². The summed E-state index contributed by atoms with van der Waals surface area (Å²) >= 11 is 0. The number of hydrogen-bond donors (Lipinski definition) is 1. The van der Waals surface area contributed by atoms with Gasteiger partial charge in [0.25, 0.3) is 0 Å². The van der Waals surface area contributed by atoms with E-state index in [4.69, 9.17) is 9.47 Å². The van der Waals surface area contributed by atoms with Crippen LogP contribution in [0.5, 0.6) is 11.5 Å². The van der Waals surface area contributed by atoms with Gasteiger partial charge in [-0.1, -0.05) is 0 Å². The van der Waals surface area contributed by atoms with E-state index < -0.39 is 21.6 Å². The van der Waals surface area contributed by atoms with Crippen LogP contribution < -0.4 is 20.5 Å². The summed E-state index contributed by atoms with van der Waals surface area (Å²) < 4.78 is 38.6. The average Bonchev–Trinajstić information content (AvgIpc) is 3.01. The number of piperidine rings is 1. The van der Waals surface area contributed by atoms with Gasteiger partial charge in [0, 0.05) is 37.8 Å². The number of carbonyl (C=O) groups excluding carboxylic acids is 1. The van der Waals surface area contributed by atoms with E-state index in [1.54, 1.807) is 25.2 Å². The Balaban J connectivity index is 1.47. The predicted molar refractivity (Wildman–Crippen MR) is 112 cm³/mol. The first-order chi connectivity index (χ1) is 14.7. The van der Waals surface area contributed by atoms with Crippen LogP contribution in [0.3, 0.4) is 0 Å². The standard InChI is InChI=1S/C19H25N5O6S/c1-22-18(13-4-3-7-23(11-13)31(2,27)28)21-24(19(22)26)12-17(25)20-14-5-6-15-16(10-14)30-9-8-29-15/h5-6,10,13H,3-4,7-9,11-12H2,1-2H3,(H,20,25). The Morgan fingerprint density at radius 3 is 2.74 bits per heavy atom. The molecular weight excluding hydrogens is 426 g/mol. The Morgan fingerprint density at radius 1 is 1.26 bits per heavy atom. The summed E-state index contributed by atoms with van der Waals surface area (Å²) in [7, 11) is -1.73. The fraction of sp³-hybridized carbons (Fsp3) is 0.526. The van der Waals surface area contributed by atoms with Crippen LogP contribution in [0.2, 0.25) is 0 Å². The van der Waals surface area contributed by atoms with E-state index in [1.807, 2.05) is 0 Å². The molecule has 0 bridgehead atoms. The number of nitrogens with zero attached hydrogens (tertiary/aromatic N) is 4. The van der Waals surface area contributed by atoms with Crippen molar-refractivity contribution in [2.75, 3.05) is 37.9 Å². The molecule has 3 heterocycles. The second-order valence-electron chi connectivity index (χ2n) is 7.72. The normalized spacial score (nSPS) is 19.2. The number of hydrogen-bond acceptors (Lipinski definition) is 7. The van der Waals surface area contributed by atoms with Gasteiger partial charge in [-0.15, -0.1) is 0 Å². The quantitative estimate of drug-likeness (QED) is 0.685. The highest BCUT2D eigenvalue weighted by Gasteiger charge is 2.30. The van der Waals surface area contributed by atoms with Crippen LogP contribution in [0.15, 0.2) is 23.0 Å². The topological polar surface area (TPSA) is 125 Å². The fourth-order valence-electron chi connectivity index (χ4n) is 3.88. The third-order valence-electron chi connectivity index (χ3n) is 5.41. The summed E-state index contributed by atoms with van der Waals surface area (Å²) in [5, 5.41) is 7.07. The second-order valence-corrected chi connectivity index (χ2v) is 9.71. The van der Waals surface area contributed by atoms with Crippen molar-refractivity contribution in [1.29, 1.82) is 0 Å². The van der Waals surface area contributed by atoms with Gasteiger partial charge in [0.15, 0.2) is 11.5 Å². The number of ether oxygens (including phenoxy) is 2. The molecule has 0 saturated carbocycles. The number of anilines is 1. The summed E-state index contributed by atoms with van der Waals surface area (Å²) in [5.41, 5.74) is 0.0957. The summed E-state index contributed by atoms with van der Waals surface area (Å²) in [5.74, 6) is 1.03. The Bertz CT molecular complexity index is 1160. The Labute approximate surface area is 179 Å². The molecule has 1 aromatic heterocycles. The van der Waals surface area contributed by atoms with E-state index in [0.29, 0.717) is 49.2 Å². The maximum Gasteiger partial charge on any atom is 0.346 e. The third kappa shape index (κ3) is 4.59. The molecule has 0 aliphatic carbocycles. The van der Waals surface area contributed by atoms with Gasteiger partial charge in [0.05, 0.1) is 6.26 Å². The molecule has 2 aliphatic rings. The molecule has 0 radical (unpaired) electrons. The summed E-state index contributed by atoms with van der Waals surface area (Å²) in [4.78, 5) is 25.1. The molecule has 2 aromatic rings. The van der Waals surface area contributed by atoms with Crippen LogP contribution in [-0.2, 0) is 28.4 Å². The molecular formula is C19H25N5O6S. The minimum atomic E-state index is -3.32. The number of benzene rings is 1. The van der Waals surface area contributed by atoms with Crippen LogP contribution in [0, 0.1) is 0 Å². The number of carbonyl (C=O) groups is 1. The van der Waals surface area contributed by atoms with Crippen molar-refractivity contribution in [1.82, 2.24) is 18.7 Å². The Hall–Kier alpha value is -2.86. The highest BCUT2D eigenvalue weighted by molar-refractivity contribution is 7.88. The zero-order valence-electron chi connectivity index (χ0n) is 17.4. The molecule has 1 atom stereocenters. The van der Waals surface area contributed by atoms with Crippen LogP contribution in [0.1, 0.15) is 24.6 Å². The van der Waals surface area contributed by atoms with E-state index >= 15 is 0 Å². The SMILES string of the molecule is Cn1c(C2CCCN(S(C)(=O)=O)C2)nn(CC(=O)Nc2ccc3c(c2)OCCO3)c1=O. The Morgan fingerprint density at radius 2 is 2.00 bits per heavy atom. The zero-order valence-corrected chi connectivity index (χ0v) is 18.2. The van der Waals surface area contributed by atoms with Gasteiger partial charge in [0.1, 0.15) is 25.6 Å². The van der Waals surface area contributed by atoms with Crippen LogP contribution in [-0.4, -0.2) is 65.5 Å². The van der Waals surface area contributed by atoms with Gasteiger partial charge < -0.3 is 14.8 Å². The van der Waals surface area contributed by atoms with Crippen molar-refractivity contribution in [2.24, 2.45) is 7.05 Å². The van der Waals surface area contributed by atoms with Crippen molar-refractivity contribution in [2.45, 2.75) is 25.3 Å². The molecule has 168 valence electrons. The highest BCUT2D eigenvalue weighted by atomic mass is 32.2. The van der Waals surface area contributed by atoms with E-state index in [1.165, 1.54) is 15.1 Å². The van der Waals surface area contributed by atoms with Gasteiger partial charge in [-0.25, -0.2) is 22.2 Å². The number of amides is 1. The molecule has 12 heteroatoms. The lowest BCUT2D eigenvalue weighted by Crippen LogP contribution is -2.39. The van der Waals surface area contributed by atoms with Crippen molar-refractivity contribution >= 4 is 21.6 Å². The molecule has 4 rings (SSSR count). The third-order valence-corrected chi connectivity index (χ3v) is 6.68. The fourth-order valence-corrected chi connectivity index (χ4v) is 4.79. The van der Waals surface area contributed by atoms with Gasteiger partial charge >= 0.3 is 5.69 Å². The Kier molecular flexibility index (Phi) is 5.75. The van der Waals surface area contributed by atoms with Gasteiger partial charge in [-0.2, -0.15) is 5.10 Å². The van der Waals surface area contributed by atoms with Gasteiger partial charge in [-0.05, 0) is 25.0 Å². The molecule has 1 unspecified atom stereocenters. The molecule has 1 saturated heterocycles. The first-order valence-corrected chi connectivity index (χ1v) is 11.9.